The second-order valence-corrected chi connectivity index (χ2v) is 5.98. The lowest BCUT2D eigenvalue weighted by Gasteiger charge is -2.34. The van der Waals surface area contributed by atoms with Gasteiger partial charge in [0.15, 0.2) is 0 Å². The summed E-state index contributed by atoms with van der Waals surface area (Å²) in [5.74, 6) is 1.78. The molecule has 1 fully saturated rings. The van der Waals surface area contributed by atoms with Crippen LogP contribution in [0.4, 0.5) is 5.82 Å². The summed E-state index contributed by atoms with van der Waals surface area (Å²) in [5.41, 5.74) is 0.928. The number of pyridine rings is 1. The number of nitrogens with zero attached hydrogens (tertiary/aromatic N) is 2. The van der Waals surface area contributed by atoms with Crippen LogP contribution in [0.15, 0.2) is 29.0 Å². The maximum absolute atomic E-state index is 5.48. The Morgan fingerprint density at radius 3 is 3.20 bits per heavy atom. The van der Waals surface area contributed by atoms with Gasteiger partial charge in [-0.1, -0.05) is 13.8 Å². The number of hydrogen-bond acceptors (Lipinski definition) is 4. The lowest BCUT2D eigenvalue weighted by Crippen LogP contribution is -2.41. The van der Waals surface area contributed by atoms with Crippen LogP contribution in [0.3, 0.4) is 0 Å². The van der Waals surface area contributed by atoms with Gasteiger partial charge in [0.1, 0.15) is 11.4 Å². The molecule has 1 atom stereocenters. The highest BCUT2D eigenvalue weighted by Gasteiger charge is 2.22. The minimum atomic E-state index is 0.556. The molecule has 20 heavy (non-hydrogen) atoms. The average molecular weight is 273 g/mol. The van der Waals surface area contributed by atoms with Crippen molar-refractivity contribution < 1.29 is 4.42 Å². The number of nitrogens with one attached hydrogen (secondary N) is 1. The number of rotatable bonds is 4. The van der Waals surface area contributed by atoms with Crippen molar-refractivity contribution in [3.8, 4) is 0 Å². The monoisotopic (exact) mass is 273 g/mol. The van der Waals surface area contributed by atoms with Gasteiger partial charge in [0.25, 0.3) is 0 Å². The van der Waals surface area contributed by atoms with E-state index in [1.807, 2.05) is 18.3 Å². The van der Waals surface area contributed by atoms with Crippen LogP contribution in [0, 0.1) is 5.92 Å². The lowest BCUT2D eigenvalue weighted by molar-refractivity contribution is 0.378. The molecule has 0 bridgehead atoms. The van der Waals surface area contributed by atoms with Crippen molar-refractivity contribution in [1.82, 2.24) is 10.3 Å². The van der Waals surface area contributed by atoms with Gasteiger partial charge in [-0.3, -0.25) is 0 Å². The minimum Gasteiger partial charge on any atom is -0.464 e. The van der Waals surface area contributed by atoms with Gasteiger partial charge in [-0.2, -0.15) is 0 Å². The van der Waals surface area contributed by atoms with E-state index < -0.39 is 0 Å². The van der Waals surface area contributed by atoms with Crippen molar-refractivity contribution in [3.05, 3.63) is 24.6 Å². The first-order valence-corrected chi connectivity index (χ1v) is 7.54. The molecule has 1 saturated heterocycles. The lowest BCUT2D eigenvalue weighted by atomic mass is 9.97. The Morgan fingerprint density at radius 2 is 2.35 bits per heavy atom. The molecule has 1 N–H and O–H groups in total. The van der Waals surface area contributed by atoms with Crippen molar-refractivity contribution in [2.45, 2.75) is 32.7 Å². The summed E-state index contributed by atoms with van der Waals surface area (Å²) < 4.78 is 5.48. The summed E-state index contributed by atoms with van der Waals surface area (Å²) in [4.78, 5) is 6.99. The van der Waals surface area contributed by atoms with Gasteiger partial charge >= 0.3 is 0 Å². The second kappa shape index (κ2) is 5.83. The first-order valence-electron chi connectivity index (χ1n) is 7.54. The molecule has 1 aliphatic heterocycles. The second-order valence-electron chi connectivity index (χ2n) is 5.98. The number of piperidine rings is 1. The molecule has 1 unspecified atom stereocenters. The molecule has 0 aromatic carbocycles. The van der Waals surface area contributed by atoms with Gasteiger partial charge in [0, 0.05) is 25.3 Å². The van der Waals surface area contributed by atoms with Crippen LogP contribution in [-0.4, -0.2) is 30.7 Å². The van der Waals surface area contributed by atoms with E-state index in [0.29, 0.717) is 12.0 Å². The highest BCUT2D eigenvalue weighted by atomic mass is 16.3. The molecule has 108 valence electrons. The molecular weight excluding hydrogens is 250 g/mol. The average Bonchev–Trinajstić information content (AvgIpc) is 2.93. The maximum Gasteiger partial charge on any atom is 0.139 e. The molecule has 2 aromatic rings. The largest absolute Gasteiger partial charge is 0.464 e. The number of fused-ring (bicyclic) bond motifs is 1. The molecule has 0 aliphatic carbocycles. The van der Waals surface area contributed by atoms with Crippen LogP contribution in [-0.2, 0) is 0 Å². The number of furan rings is 1. The molecule has 4 nitrogen and oxygen atoms in total. The third-order valence-corrected chi connectivity index (χ3v) is 3.99. The van der Waals surface area contributed by atoms with Gasteiger partial charge in [-0.15, -0.1) is 0 Å². The Balaban J connectivity index is 1.75. The molecule has 0 saturated carbocycles. The van der Waals surface area contributed by atoms with Crippen molar-refractivity contribution in [2.75, 3.05) is 24.5 Å². The van der Waals surface area contributed by atoms with Gasteiger partial charge < -0.3 is 14.6 Å². The maximum atomic E-state index is 5.48. The van der Waals surface area contributed by atoms with Crippen LogP contribution in [0.1, 0.15) is 26.7 Å². The van der Waals surface area contributed by atoms with Gasteiger partial charge in [-0.25, -0.2) is 4.98 Å². The Bertz CT molecular complexity index is 564. The van der Waals surface area contributed by atoms with E-state index in [9.17, 15) is 0 Å². The van der Waals surface area contributed by atoms with E-state index in [-0.39, 0.29) is 0 Å². The highest BCUT2D eigenvalue weighted by Crippen LogP contribution is 2.28. The van der Waals surface area contributed by atoms with E-state index in [2.05, 4.69) is 29.0 Å². The Morgan fingerprint density at radius 1 is 1.45 bits per heavy atom. The zero-order valence-corrected chi connectivity index (χ0v) is 12.3. The van der Waals surface area contributed by atoms with Crippen LogP contribution < -0.4 is 10.2 Å². The normalized spacial score (nSPS) is 19.9. The minimum absolute atomic E-state index is 0.556. The SMILES string of the molecule is CC(C)NCC1CCCN(c2nccc3occc23)C1. The smallest absolute Gasteiger partial charge is 0.139 e. The standard InChI is InChI=1S/C16H23N3O/c1-12(2)18-10-13-4-3-8-19(11-13)16-14-6-9-20-15(14)5-7-17-16/h5-7,9,12-13,18H,3-4,8,10-11H2,1-2H3. The van der Waals surface area contributed by atoms with Gasteiger partial charge in [-0.05, 0) is 37.4 Å². The van der Waals surface area contributed by atoms with Crippen molar-refractivity contribution in [2.24, 2.45) is 5.92 Å². The Kier molecular flexibility index (Phi) is 3.92. The summed E-state index contributed by atoms with van der Waals surface area (Å²) in [5, 5.41) is 4.68. The van der Waals surface area contributed by atoms with Crippen molar-refractivity contribution in [1.29, 1.82) is 0 Å². The summed E-state index contributed by atoms with van der Waals surface area (Å²) in [6, 6.07) is 4.51. The fraction of sp³-hybridized carbons (Fsp3) is 0.562. The number of aromatic nitrogens is 1. The predicted octanol–water partition coefficient (Wildman–Crippen LogP) is 3.04. The summed E-state index contributed by atoms with van der Waals surface area (Å²) in [6.45, 7) is 7.67. The fourth-order valence-corrected chi connectivity index (χ4v) is 2.96. The van der Waals surface area contributed by atoms with Crippen LogP contribution in [0.2, 0.25) is 0 Å². The van der Waals surface area contributed by atoms with Gasteiger partial charge in [0.05, 0.1) is 11.6 Å². The van der Waals surface area contributed by atoms with E-state index in [0.717, 1.165) is 36.4 Å². The molecule has 3 heterocycles. The van der Waals surface area contributed by atoms with E-state index in [1.54, 1.807) is 6.26 Å². The summed E-state index contributed by atoms with van der Waals surface area (Å²) >= 11 is 0. The van der Waals surface area contributed by atoms with E-state index in [1.165, 1.54) is 12.8 Å². The Hall–Kier alpha value is -1.55. The van der Waals surface area contributed by atoms with Gasteiger partial charge in [0.2, 0.25) is 0 Å². The van der Waals surface area contributed by atoms with E-state index >= 15 is 0 Å². The summed E-state index contributed by atoms with van der Waals surface area (Å²) in [6.07, 6.45) is 6.13. The predicted molar refractivity (Wildman–Crippen MR) is 82.1 cm³/mol. The Labute approximate surface area is 120 Å². The molecule has 0 spiro atoms. The first-order chi connectivity index (χ1) is 9.74. The molecule has 4 heteroatoms. The number of anilines is 1. The third kappa shape index (κ3) is 2.80. The highest BCUT2D eigenvalue weighted by molar-refractivity contribution is 5.88. The zero-order valence-electron chi connectivity index (χ0n) is 12.3. The topological polar surface area (TPSA) is 41.3 Å². The van der Waals surface area contributed by atoms with Crippen LogP contribution >= 0.6 is 0 Å². The first kappa shape index (κ1) is 13.4. The number of hydrogen-bond donors (Lipinski definition) is 1. The molecule has 3 rings (SSSR count). The molecular formula is C16H23N3O. The van der Waals surface area contributed by atoms with Crippen LogP contribution in [0.25, 0.3) is 11.0 Å². The molecule has 0 amide bonds. The molecule has 1 aliphatic rings. The molecule has 2 aromatic heterocycles. The molecule has 0 radical (unpaired) electrons. The fourth-order valence-electron chi connectivity index (χ4n) is 2.96. The van der Waals surface area contributed by atoms with Crippen molar-refractivity contribution >= 4 is 16.8 Å². The quantitative estimate of drug-likeness (QED) is 0.929. The summed E-state index contributed by atoms with van der Waals surface area (Å²) in [7, 11) is 0. The third-order valence-electron chi connectivity index (χ3n) is 3.99. The van der Waals surface area contributed by atoms with Crippen molar-refractivity contribution in [3.63, 3.8) is 0 Å². The zero-order chi connectivity index (χ0) is 13.9. The van der Waals surface area contributed by atoms with Crippen LogP contribution in [0.5, 0.6) is 0 Å². The van der Waals surface area contributed by atoms with E-state index in [4.69, 9.17) is 4.42 Å².